The average molecular weight is 542 g/mol. The third-order valence-electron chi connectivity index (χ3n) is 9.90. The third kappa shape index (κ3) is 6.03. The molecule has 3 aliphatic rings. The molecule has 4 rings (SSSR count). The van der Waals surface area contributed by atoms with Crippen LogP contribution in [0.15, 0.2) is 29.4 Å². The second kappa shape index (κ2) is 11.0. The number of carbonyl (C=O) groups is 3. The molecule has 1 aliphatic heterocycles. The smallest absolute Gasteiger partial charge is 0.329 e. The number of hydrogen-bond acceptors (Lipinski definition) is 7. The number of esters is 1. The second-order valence-corrected chi connectivity index (χ2v) is 13.0. The monoisotopic (exact) mass is 541 g/mol. The molecular formula is C30H43N3O6. The van der Waals surface area contributed by atoms with E-state index in [4.69, 9.17) is 4.74 Å². The molecule has 4 atom stereocenters. The number of aliphatic hydroxyl groups excluding tert-OH is 1. The molecule has 214 valence electrons. The van der Waals surface area contributed by atoms with Crippen LogP contribution in [0.25, 0.3) is 0 Å². The predicted octanol–water partition coefficient (Wildman–Crippen LogP) is 4.41. The number of benzene rings is 1. The van der Waals surface area contributed by atoms with E-state index in [0.29, 0.717) is 43.7 Å². The number of aliphatic hydroxyl groups is 1. The molecule has 2 amide bonds. The van der Waals surface area contributed by atoms with Gasteiger partial charge in [-0.25, -0.2) is 4.79 Å². The van der Waals surface area contributed by atoms with Gasteiger partial charge >= 0.3 is 5.97 Å². The Bertz CT molecular complexity index is 1090. The summed E-state index contributed by atoms with van der Waals surface area (Å²) in [4.78, 5) is 51.6. The van der Waals surface area contributed by atoms with Gasteiger partial charge in [-0.3, -0.25) is 9.59 Å². The molecule has 2 N–H and O–H groups in total. The van der Waals surface area contributed by atoms with Crippen LogP contribution in [0.4, 0.5) is 5.69 Å². The maximum atomic E-state index is 13.5. The van der Waals surface area contributed by atoms with Crippen molar-refractivity contribution < 1.29 is 24.2 Å². The van der Waals surface area contributed by atoms with Gasteiger partial charge in [-0.2, -0.15) is 0 Å². The summed E-state index contributed by atoms with van der Waals surface area (Å²) in [6, 6.07) is 5.63. The van der Waals surface area contributed by atoms with Gasteiger partial charge in [0.05, 0.1) is 6.10 Å². The second-order valence-electron chi connectivity index (χ2n) is 13.0. The summed E-state index contributed by atoms with van der Waals surface area (Å²) in [7, 11) is 0. The van der Waals surface area contributed by atoms with Gasteiger partial charge in [0, 0.05) is 13.0 Å². The van der Waals surface area contributed by atoms with Crippen molar-refractivity contribution in [3.05, 3.63) is 34.7 Å². The maximum absolute atomic E-state index is 13.5. The van der Waals surface area contributed by atoms with E-state index >= 15 is 0 Å². The zero-order valence-electron chi connectivity index (χ0n) is 23.9. The first-order valence-corrected chi connectivity index (χ1v) is 14.2. The molecule has 9 heteroatoms. The lowest BCUT2D eigenvalue weighted by atomic mass is 9.66. The molecule has 2 aliphatic carbocycles. The molecule has 39 heavy (non-hydrogen) atoms. The largest absolute Gasteiger partial charge is 0.461 e. The summed E-state index contributed by atoms with van der Waals surface area (Å²) in [5, 5.41) is 16.1. The van der Waals surface area contributed by atoms with Crippen molar-refractivity contribution in [3.8, 4) is 0 Å². The zero-order valence-corrected chi connectivity index (χ0v) is 23.9. The first-order valence-electron chi connectivity index (χ1n) is 14.2. The van der Waals surface area contributed by atoms with Crippen LogP contribution in [-0.4, -0.2) is 58.1 Å². The summed E-state index contributed by atoms with van der Waals surface area (Å²) in [5.41, 5.74) is 0.241. The van der Waals surface area contributed by atoms with Gasteiger partial charge in [0.25, 0.3) is 0 Å². The van der Waals surface area contributed by atoms with Gasteiger partial charge in [0.1, 0.15) is 23.4 Å². The summed E-state index contributed by atoms with van der Waals surface area (Å²) in [6.45, 7) is 11.6. The van der Waals surface area contributed by atoms with Gasteiger partial charge in [0.15, 0.2) is 0 Å². The summed E-state index contributed by atoms with van der Waals surface area (Å²) in [6.07, 6.45) is 3.68. The first kappa shape index (κ1) is 29.2. The zero-order chi connectivity index (χ0) is 28.6. The SMILES string of the molecule is CC(CC1CCC(C)(C)C1(C)C)OC(=O)C1CCCN1C(=O)C1(NC(=O)C(O)Cc2ccc(N=O)cc2)CC1. The molecule has 0 aromatic heterocycles. The van der Waals surface area contributed by atoms with Crippen LogP contribution in [0.3, 0.4) is 0 Å². The van der Waals surface area contributed by atoms with E-state index in [1.165, 1.54) is 12.1 Å². The van der Waals surface area contributed by atoms with Crippen LogP contribution in [-0.2, 0) is 25.5 Å². The fourth-order valence-electron chi connectivity index (χ4n) is 6.28. The Balaban J connectivity index is 1.32. The van der Waals surface area contributed by atoms with Crippen LogP contribution in [0.1, 0.15) is 85.1 Å². The molecule has 4 unspecified atom stereocenters. The highest BCUT2D eigenvalue weighted by molar-refractivity contribution is 5.97. The van der Waals surface area contributed by atoms with E-state index in [-0.39, 0.29) is 40.9 Å². The van der Waals surface area contributed by atoms with Crippen LogP contribution in [0.5, 0.6) is 0 Å². The van der Waals surface area contributed by atoms with Crippen molar-refractivity contribution in [1.82, 2.24) is 10.2 Å². The number of amides is 2. The minimum absolute atomic E-state index is 0.0424. The van der Waals surface area contributed by atoms with Gasteiger partial charge < -0.3 is 20.1 Å². The van der Waals surface area contributed by atoms with Crippen LogP contribution < -0.4 is 5.32 Å². The molecule has 1 saturated heterocycles. The lowest BCUT2D eigenvalue weighted by molar-refractivity contribution is -0.159. The lowest BCUT2D eigenvalue weighted by Crippen LogP contribution is -2.55. The number of rotatable bonds is 10. The maximum Gasteiger partial charge on any atom is 0.329 e. The number of nitroso groups, excluding NO2 is 1. The molecule has 9 nitrogen and oxygen atoms in total. The Kier molecular flexibility index (Phi) is 8.22. The van der Waals surface area contributed by atoms with E-state index in [1.807, 2.05) is 6.92 Å². The summed E-state index contributed by atoms with van der Waals surface area (Å²) >= 11 is 0. The summed E-state index contributed by atoms with van der Waals surface area (Å²) < 4.78 is 5.89. The minimum atomic E-state index is -1.35. The Morgan fingerprint density at radius 3 is 2.33 bits per heavy atom. The van der Waals surface area contributed by atoms with Crippen molar-refractivity contribution in [2.75, 3.05) is 6.54 Å². The number of carbonyl (C=O) groups excluding carboxylic acids is 3. The summed E-state index contributed by atoms with van der Waals surface area (Å²) in [5.74, 6) is -0.825. The normalized spacial score (nSPS) is 25.9. The van der Waals surface area contributed by atoms with Crippen molar-refractivity contribution in [3.63, 3.8) is 0 Å². The first-order chi connectivity index (χ1) is 18.3. The fraction of sp³-hybridized carbons (Fsp3) is 0.700. The molecule has 0 bridgehead atoms. The van der Waals surface area contributed by atoms with Crippen molar-refractivity contribution in [1.29, 1.82) is 0 Å². The Hall–Kier alpha value is -2.81. The van der Waals surface area contributed by atoms with Crippen LogP contribution in [0.2, 0.25) is 0 Å². The van der Waals surface area contributed by atoms with Gasteiger partial charge in [-0.05, 0) is 91.5 Å². The molecule has 3 fully saturated rings. The standard InChI is InChI=1S/C30H43N3O6/c1-19(17-21-12-13-28(2,3)29(21,4)5)39-26(36)23-7-6-16-33(23)27(37)30(14-15-30)31-25(35)24(34)18-20-8-10-22(32-38)11-9-20/h8-11,19,21,23-24,34H,6-7,12-18H2,1-5H3,(H,31,35). The van der Waals surface area contributed by atoms with E-state index in [1.54, 1.807) is 17.0 Å². The number of nitrogens with one attached hydrogen (secondary N) is 1. The highest BCUT2D eigenvalue weighted by Crippen LogP contribution is 2.57. The van der Waals surface area contributed by atoms with E-state index in [2.05, 4.69) is 38.2 Å². The van der Waals surface area contributed by atoms with E-state index in [9.17, 15) is 24.4 Å². The number of nitrogens with zero attached hydrogens (tertiary/aromatic N) is 2. The van der Waals surface area contributed by atoms with Crippen molar-refractivity contribution in [2.45, 2.75) is 110 Å². The number of likely N-dealkylation sites (tertiary alicyclic amines) is 1. The lowest BCUT2D eigenvalue weighted by Gasteiger charge is -2.40. The predicted molar refractivity (Wildman–Crippen MR) is 147 cm³/mol. The van der Waals surface area contributed by atoms with Gasteiger partial charge in [0.2, 0.25) is 11.8 Å². The Morgan fingerprint density at radius 2 is 1.77 bits per heavy atom. The number of hydrogen-bond donors (Lipinski definition) is 2. The van der Waals surface area contributed by atoms with Crippen molar-refractivity contribution >= 4 is 23.5 Å². The van der Waals surface area contributed by atoms with Crippen LogP contribution in [0, 0.1) is 21.7 Å². The Labute approximate surface area is 231 Å². The van der Waals surface area contributed by atoms with Gasteiger partial charge in [-0.15, -0.1) is 4.91 Å². The molecule has 1 heterocycles. The van der Waals surface area contributed by atoms with E-state index in [0.717, 1.165) is 19.3 Å². The third-order valence-corrected chi connectivity index (χ3v) is 9.90. The molecular weight excluding hydrogens is 498 g/mol. The molecule has 2 saturated carbocycles. The average Bonchev–Trinajstić information content (AvgIpc) is 3.43. The highest BCUT2D eigenvalue weighted by Gasteiger charge is 2.56. The van der Waals surface area contributed by atoms with Crippen molar-refractivity contribution in [2.24, 2.45) is 21.9 Å². The fourth-order valence-corrected chi connectivity index (χ4v) is 6.28. The number of ether oxygens (including phenoxy) is 1. The molecule has 0 radical (unpaired) electrons. The quantitative estimate of drug-likeness (QED) is 0.334. The molecule has 1 aromatic carbocycles. The highest BCUT2D eigenvalue weighted by atomic mass is 16.5. The topological polar surface area (TPSA) is 125 Å². The minimum Gasteiger partial charge on any atom is -0.461 e. The Morgan fingerprint density at radius 1 is 1.10 bits per heavy atom. The molecule has 1 aromatic rings. The van der Waals surface area contributed by atoms with E-state index < -0.39 is 23.6 Å². The van der Waals surface area contributed by atoms with Crippen LogP contribution >= 0.6 is 0 Å². The molecule has 0 spiro atoms. The van der Waals surface area contributed by atoms with Gasteiger partial charge in [-0.1, -0.05) is 39.8 Å².